The van der Waals surface area contributed by atoms with Crippen molar-refractivity contribution < 1.29 is 13.6 Å². The first kappa shape index (κ1) is 13.7. The Kier molecular flexibility index (Phi) is 3.97. The van der Waals surface area contributed by atoms with E-state index in [0.29, 0.717) is 0 Å². The van der Waals surface area contributed by atoms with Gasteiger partial charge in [-0.15, -0.1) is 0 Å². The van der Waals surface area contributed by atoms with Gasteiger partial charge in [-0.2, -0.15) is 0 Å². The molecule has 1 amide bonds. The lowest BCUT2D eigenvalue weighted by molar-refractivity contribution is 0.102. The first-order valence-electron chi connectivity index (χ1n) is 5.05. The van der Waals surface area contributed by atoms with Gasteiger partial charge in [0.25, 0.3) is 5.91 Å². The Hall–Kier alpha value is -1.72. The van der Waals surface area contributed by atoms with E-state index in [0.717, 1.165) is 12.1 Å². The Morgan fingerprint density at radius 2 is 1.89 bits per heavy atom. The molecule has 1 N–H and O–H groups in total. The normalized spacial score (nSPS) is 10.3. The summed E-state index contributed by atoms with van der Waals surface area (Å²) in [6, 6.07) is 4.35. The summed E-state index contributed by atoms with van der Waals surface area (Å²) in [6.07, 6.45) is 1.23. The lowest BCUT2D eigenvalue weighted by atomic mass is 10.2. The molecule has 0 atom stereocenters. The Morgan fingerprint density at radius 1 is 1.16 bits per heavy atom. The van der Waals surface area contributed by atoms with Crippen LogP contribution in [0.3, 0.4) is 0 Å². The van der Waals surface area contributed by atoms with Gasteiger partial charge in [0.1, 0.15) is 5.15 Å². The van der Waals surface area contributed by atoms with Crippen molar-refractivity contribution >= 4 is 34.8 Å². The van der Waals surface area contributed by atoms with E-state index < -0.39 is 17.5 Å². The number of hydrogen-bond donors (Lipinski definition) is 1. The van der Waals surface area contributed by atoms with Crippen LogP contribution in [-0.2, 0) is 0 Å². The molecule has 1 heterocycles. The Bertz CT molecular complexity index is 650. The number of benzene rings is 1. The minimum atomic E-state index is -1.05. The molecule has 1 aromatic heterocycles. The first-order valence-corrected chi connectivity index (χ1v) is 5.80. The quantitative estimate of drug-likeness (QED) is 0.854. The summed E-state index contributed by atoms with van der Waals surface area (Å²) in [5.74, 6) is -2.60. The monoisotopic (exact) mass is 302 g/mol. The van der Waals surface area contributed by atoms with Crippen LogP contribution in [0, 0.1) is 11.6 Å². The number of carbonyl (C=O) groups is 1. The lowest BCUT2D eigenvalue weighted by Gasteiger charge is -2.06. The van der Waals surface area contributed by atoms with Gasteiger partial charge in [-0.05, 0) is 18.2 Å². The van der Waals surface area contributed by atoms with Gasteiger partial charge in [-0.3, -0.25) is 4.79 Å². The molecule has 0 aliphatic rings. The fraction of sp³-hybridized carbons (Fsp3) is 0. The van der Waals surface area contributed by atoms with E-state index in [1.54, 1.807) is 0 Å². The van der Waals surface area contributed by atoms with Crippen LogP contribution in [0.25, 0.3) is 0 Å². The van der Waals surface area contributed by atoms with Crippen LogP contribution >= 0.6 is 23.2 Å². The number of aromatic nitrogens is 1. The van der Waals surface area contributed by atoms with E-state index in [-0.39, 0.29) is 21.4 Å². The van der Waals surface area contributed by atoms with Crippen LogP contribution in [0.15, 0.2) is 30.5 Å². The van der Waals surface area contributed by atoms with Crippen molar-refractivity contribution in [1.29, 1.82) is 0 Å². The highest BCUT2D eigenvalue weighted by atomic mass is 35.5. The zero-order chi connectivity index (χ0) is 14.0. The largest absolute Gasteiger partial charge is 0.322 e. The van der Waals surface area contributed by atoms with E-state index in [1.165, 1.54) is 18.3 Å². The predicted octanol–water partition coefficient (Wildman–Crippen LogP) is 3.92. The molecule has 0 bridgehead atoms. The van der Waals surface area contributed by atoms with Gasteiger partial charge >= 0.3 is 0 Å². The maximum atomic E-state index is 13.0. The molecule has 0 aliphatic carbocycles. The van der Waals surface area contributed by atoms with Gasteiger partial charge in [-0.1, -0.05) is 23.2 Å². The van der Waals surface area contributed by atoms with Crippen molar-refractivity contribution in [2.45, 2.75) is 0 Å². The Labute approximate surface area is 117 Å². The third-order valence-electron chi connectivity index (χ3n) is 2.24. The maximum absolute atomic E-state index is 13.0. The minimum Gasteiger partial charge on any atom is -0.322 e. The van der Waals surface area contributed by atoms with Crippen LogP contribution in [-0.4, -0.2) is 10.9 Å². The average Bonchev–Trinajstić information content (AvgIpc) is 2.37. The first-order chi connectivity index (χ1) is 8.97. The summed E-state index contributed by atoms with van der Waals surface area (Å²) in [4.78, 5) is 15.5. The highest BCUT2D eigenvalue weighted by molar-refractivity contribution is 6.41. The summed E-state index contributed by atoms with van der Waals surface area (Å²) in [5.41, 5.74) is 0.272. The predicted molar refractivity (Wildman–Crippen MR) is 68.6 cm³/mol. The second-order valence-corrected chi connectivity index (χ2v) is 4.34. The van der Waals surface area contributed by atoms with E-state index in [4.69, 9.17) is 23.2 Å². The van der Waals surface area contributed by atoms with Crippen molar-refractivity contribution in [2.75, 3.05) is 5.32 Å². The molecule has 0 fully saturated rings. The number of carbonyl (C=O) groups excluding carboxylic acids is 1. The van der Waals surface area contributed by atoms with Crippen LogP contribution in [0.5, 0.6) is 0 Å². The smallest absolute Gasteiger partial charge is 0.257 e. The number of amides is 1. The highest BCUT2D eigenvalue weighted by Gasteiger charge is 2.10. The molecule has 0 unspecified atom stereocenters. The molecule has 1 aromatic carbocycles. The molecular formula is C12H6Cl2F2N2O. The SMILES string of the molecule is O=C(Nc1ccc(F)c(F)c1)c1cnc(Cl)c(Cl)c1. The van der Waals surface area contributed by atoms with Gasteiger partial charge in [0.15, 0.2) is 11.6 Å². The van der Waals surface area contributed by atoms with Crippen molar-refractivity contribution in [2.24, 2.45) is 0 Å². The third kappa shape index (κ3) is 3.19. The summed E-state index contributed by atoms with van der Waals surface area (Å²) >= 11 is 11.3. The zero-order valence-corrected chi connectivity index (χ0v) is 10.8. The van der Waals surface area contributed by atoms with Crippen LogP contribution in [0.4, 0.5) is 14.5 Å². The third-order valence-corrected chi connectivity index (χ3v) is 2.92. The molecule has 0 spiro atoms. The number of anilines is 1. The van der Waals surface area contributed by atoms with Crippen molar-refractivity contribution in [3.8, 4) is 0 Å². The van der Waals surface area contributed by atoms with Gasteiger partial charge in [0, 0.05) is 18.0 Å². The van der Waals surface area contributed by atoms with E-state index in [9.17, 15) is 13.6 Å². The van der Waals surface area contributed by atoms with Gasteiger partial charge in [0.05, 0.1) is 10.6 Å². The minimum absolute atomic E-state index is 0.0750. The second-order valence-electron chi connectivity index (χ2n) is 3.58. The van der Waals surface area contributed by atoms with Gasteiger partial charge in [0.2, 0.25) is 0 Å². The summed E-state index contributed by atoms with van der Waals surface area (Å²) < 4.78 is 25.7. The Balaban J connectivity index is 2.20. The van der Waals surface area contributed by atoms with Crippen LogP contribution in [0.2, 0.25) is 10.2 Å². The number of halogens is 4. The van der Waals surface area contributed by atoms with Crippen molar-refractivity contribution in [3.63, 3.8) is 0 Å². The van der Waals surface area contributed by atoms with Crippen LogP contribution < -0.4 is 5.32 Å². The molecule has 0 aliphatic heterocycles. The van der Waals surface area contributed by atoms with Gasteiger partial charge < -0.3 is 5.32 Å². The van der Waals surface area contributed by atoms with Crippen molar-refractivity contribution in [3.05, 3.63) is 57.8 Å². The number of nitrogens with one attached hydrogen (secondary N) is 1. The molecule has 98 valence electrons. The number of hydrogen-bond acceptors (Lipinski definition) is 2. The Morgan fingerprint density at radius 3 is 2.53 bits per heavy atom. The number of pyridine rings is 1. The maximum Gasteiger partial charge on any atom is 0.257 e. The van der Waals surface area contributed by atoms with E-state index in [1.807, 2.05) is 0 Å². The molecule has 7 heteroatoms. The molecule has 2 aromatic rings. The average molecular weight is 303 g/mol. The molecule has 0 saturated heterocycles. The summed E-state index contributed by atoms with van der Waals surface area (Å²) in [7, 11) is 0. The number of rotatable bonds is 2. The molecule has 19 heavy (non-hydrogen) atoms. The van der Waals surface area contributed by atoms with E-state index >= 15 is 0 Å². The molecule has 0 radical (unpaired) electrons. The van der Waals surface area contributed by atoms with Crippen LogP contribution in [0.1, 0.15) is 10.4 Å². The topological polar surface area (TPSA) is 42.0 Å². The molecule has 2 rings (SSSR count). The zero-order valence-electron chi connectivity index (χ0n) is 9.25. The fourth-order valence-corrected chi connectivity index (χ4v) is 1.59. The summed E-state index contributed by atoms with van der Waals surface area (Å²) in [6.45, 7) is 0. The van der Waals surface area contributed by atoms with E-state index in [2.05, 4.69) is 10.3 Å². The summed E-state index contributed by atoms with van der Waals surface area (Å²) in [5, 5.41) is 2.59. The fourth-order valence-electron chi connectivity index (χ4n) is 1.32. The molecule has 3 nitrogen and oxygen atoms in total. The molecular weight excluding hydrogens is 297 g/mol. The lowest BCUT2D eigenvalue weighted by Crippen LogP contribution is -2.12. The second kappa shape index (κ2) is 5.50. The highest BCUT2D eigenvalue weighted by Crippen LogP contribution is 2.20. The van der Waals surface area contributed by atoms with Gasteiger partial charge in [-0.25, -0.2) is 13.8 Å². The standard InChI is InChI=1S/C12H6Cl2F2N2O/c13-8-3-6(5-17-11(8)14)12(19)18-7-1-2-9(15)10(16)4-7/h1-5H,(H,18,19). The molecule has 0 saturated carbocycles. The van der Waals surface area contributed by atoms with Crippen molar-refractivity contribution in [1.82, 2.24) is 4.98 Å². The number of nitrogens with zero attached hydrogens (tertiary/aromatic N) is 1.